The molecule has 6 nitrogen and oxygen atoms in total. The van der Waals surface area contributed by atoms with Crippen molar-refractivity contribution < 1.29 is 9.18 Å². The summed E-state index contributed by atoms with van der Waals surface area (Å²) in [5.74, 6) is -0.829. The number of nitrogens with zero attached hydrogens (tertiary/aromatic N) is 4. The maximum atomic E-state index is 14.8. The van der Waals surface area contributed by atoms with Crippen molar-refractivity contribution in [1.82, 2.24) is 19.3 Å². The SMILES string of the molecule is Cc1c(Cc2ccc(-c3cnn(C)c3)cc2F)cc(C(N)=O)c2c1ncn2C. The standard InChI is InChI=1S/C21H20FN5O/c1-12-15(7-17(21(23)28)20-19(12)24-11-26(20)2)6-14-5-4-13(8-18(14)22)16-9-25-27(3)10-16/h4-5,7-11H,6H2,1-3H3,(H2,23,28). The van der Waals surface area contributed by atoms with Gasteiger partial charge in [0.05, 0.1) is 29.1 Å². The van der Waals surface area contributed by atoms with Crippen LogP contribution >= 0.6 is 0 Å². The third kappa shape index (κ3) is 2.94. The molecule has 2 heterocycles. The molecule has 0 aliphatic rings. The topological polar surface area (TPSA) is 78.7 Å². The van der Waals surface area contributed by atoms with E-state index < -0.39 is 5.91 Å². The van der Waals surface area contributed by atoms with Gasteiger partial charge in [-0.15, -0.1) is 0 Å². The Labute approximate surface area is 161 Å². The van der Waals surface area contributed by atoms with Crippen LogP contribution in [-0.2, 0) is 20.5 Å². The summed E-state index contributed by atoms with van der Waals surface area (Å²) in [4.78, 5) is 16.3. The molecule has 28 heavy (non-hydrogen) atoms. The van der Waals surface area contributed by atoms with Gasteiger partial charge in [0.2, 0.25) is 0 Å². The molecule has 2 aromatic carbocycles. The van der Waals surface area contributed by atoms with E-state index in [2.05, 4.69) is 10.1 Å². The number of imidazole rings is 1. The third-order valence-electron chi connectivity index (χ3n) is 5.09. The van der Waals surface area contributed by atoms with Crippen molar-refractivity contribution in [2.45, 2.75) is 13.3 Å². The zero-order chi connectivity index (χ0) is 20.0. The minimum absolute atomic E-state index is 0.303. The van der Waals surface area contributed by atoms with E-state index in [9.17, 15) is 9.18 Å². The second-order valence-corrected chi connectivity index (χ2v) is 7.01. The molecule has 0 atom stereocenters. The van der Waals surface area contributed by atoms with Crippen LogP contribution in [0.4, 0.5) is 4.39 Å². The predicted molar refractivity (Wildman–Crippen MR) is 105 cm³/mol. The zero-order valence-corrected chi connectivity index (χ0v) is 15.9. The van der Waals surface area contributed by atoms with Crippen LogP contribution in [0, 0.1) is 12.7 Å². The Hall–Kier alpha value is -3.48. The van der Waals surface area contributed by atoms with E-state index in [1.165, 1.54) is 6.07 Å². The monoisotopic (exact) mass is 377 g/mol. The van der Waals surface area contributed by atoms with E-state index in [-0.39, 0.29) is 5.82 Å². The zero-order valence-electron chi connectivity index (χ0n) is 15.9. The summed E-state index contributed by atoms with van der Waals surface area (Å²) >= 11 is 0. The third-order valence-corrected chi connectivity index (χ3v) is 5.09. The highest BCUT2D eigenvalue weighted by atomic mass is 19.1. The summed E-state index contributed by atoms with van der Waals surface area (Å²) in [6.45, 7) is 1.93. The molecule has 2 N–H and O–H groups in total. The number of aryl methyl sites for hydroxylation is 3. The molecule has 0 saturated heterocycles. The van der Waals surface area contributed by atoms with Crippen LogP contribution in [0.25, 0.3) is 22.2 Å². The molecule has 0 saturated carbocycles. The maximum absolute atomic E-state index is 14.8. The molecule has 0 bridgehead atoms. The van der Waals surface area contributed by atoms with E-state index in [1.807, 2.05) is 33.3 Å². The number of hydrogen-bond acceptors (Lipinski definition) is 3. The normalized spacial score (nSPS) is 11.3. The van der Waals surface area contributed by atoms with Gasteiger partial charge in [-0.1, -0.05) is 12.1 Å². The molecular formula is C21H20FN5O. The highest BCUT2D eigenvalue weighted by Crippen LogP contribution is 2.28. The van der Waals surface area contributed by atoms with E-state index in [4.69, 9.17) is 5.73 Å². The highest BCUT2D eigenvalue weighted by molar-refractivity contribution is 6.05. The van der Waals surface area contributed by atoms with Crippen LogP contribution in [-0.4, -0.2) is 25.2 Å². The Morgan fingerprint density at radius 2 is 1.96 bits per heavy atom. The number of benzene rings is 2. The fraction of sp³-hybridized carbons (Fsp3) is 0.190. The van der Waals surface area contributed by atoms with Gasteiger partial charge in [-0.3, -0.25) is 9.48 Å². The number of carbonyl (C=O) groups is 1. The summed E-state index contributed by atoms with van der Waals surface area (Å²) < 4.78 is 18.3. The molecule has 0 aliphatic carbocycles. The first-order valence-corrected chi connectivity index (χ1v) is 8.86. The first-order valence-electron chi connectivity index (χ1n) is 8.86. The summed E-state index contributed by atoms with van der Waals surface area (Å²) in [5.41, 5.74) is 11.3. The maximum Gasteiger partial charge on any atom is 0.250 e. The molecule has 2 aromatic heterocycles. The molecule has 4 aromatic rings. The van der Waals surface area contributed by atoms with E-state index >= 15 is 0 Å². The van der Waals surface area contributed by atoms with Crippen molar-refractivity contribution in [2.24, 2.45) is 19.8 Å². The Bertz CT molecular complexity index is 1220. The lowest BCUT2D eigenvalue weighted by Gasteiger charge is -2.12. The number of nitrogens with two attached hydrogens (primary N) is 1. The molecule has 4 rings (SSSR count). The van der Waals surface area contributed by atoms with Gasteiger partial charge < -0.3 is 10.3 Å². The molecule has 0 fully saturated rings. The van der Waals surface area contributed by atoms with Crippen molar-refractivity contribution in [3.8, 4) is 11.1 Å². The average molecular weight is 377 g/mol. The average Bonchev–Trinajstić information content (AvgIpc) is 3.25. The van der Waals surface area contributed by atoms with E-state index in [1.54, 1.807) is 33.9 Å². The van der Waals surface area contributed by atoms with E-state index in [0.717, 1.165) is 22.3 Å². The van der Waals surface area contributed by atoms with Crippen LogP contribution in [0.1, 0.15) is 27.0 Å². The smallest absolute Gasteiger partial charge is 0.250 e. The number of rotatable bonds is 4. The minimum atomic E-state index is -0.526. The molecule has 0 radical (unpaired) electrons. The summed E-state index contributed by atoms with van der Waals surface area (Å²) in [6, 6.07) is 6.90. The molecule has 142 valence electrons. The molecule has 0 spiro atoms. The molecule has 7 heteroatoms. The van der Waals surface area contributed by atoms with Gasteiger partial charge in [-0.05, 0) is 41.3 Å². The van der Waals surface area contributed by atoms with Gasteiger partial charge in [-0.25, -0.2) is 9.37 Å². The Morgan fingerprint density at radius 3 is 2.61 bits per heavy atom. The first-order chi connectivity index (χ1) is 13.3. The van der Waals surface area contributed by atoms with Crippen molar-refractivity contribution in [1.29, 1.82) is 0 Å². The van der Waals surface area contributed by atoms with E-state index in [0.29, 0.717) is 28.6 Å². The molecule has 0 unspecified atom stereocenters. The van der Waals surface area contributed by atoms with Gasteiger partial charge in [0, 0.05) is 32.3 Å². The van der Waals surface area contributed by atoms with Crippen molar-refractivity contribution in [2.75, 3.05) is 0 Å². The minimum Gasteiger partial charge on any atom is -0.366 e. The van der Waals surface area contributed by atoms with Crippen LogP contribution in [0.2, 0.25) is 0 Å². The second-order valence-electron chi connectivity index (χ2n) is 7.01. The number of primary amides is 1. The van der Waals surface area contributed by atoms with Gasteiger partial charge in [0.25, 0.3) is 5.91 Å². The lowest BCUT2D eigenvalue weighted by atomic mass is 9.95. The second kappa shape index (κ2) is 6.60. The van der Waals surface area contributed by atoms with Gasteiger partial charge in [0.15, 0.2) is 0 Å². The molecular weight excluding hydrogens is 357 g/mol. The molecule has 0 aliphatic heterocycles. The lowest BCUT2D eigenvalue weighted by molar-refractivity contribution is 0.100. The fourth-order valence-electron chi connectivity index (χ4n) is 3.54. The van der Waals surface area contributed by atoms with Crippen LogP contribution in [0.3, 0.4) is 0 Å². The quantitative estimate of drug-likeness (QED) is 0.593. The van der Waals surface area contributed by atoms with Crippen LogP contribution < -0.4 is 5.73 Å². The Balaban J connectivity index is 1.76. The number of hydrogen-bond donors (Lipinski definition) is 1. The summed E-state index contributed by atoms with van der Waals surface area (Å²) in [5, 5.41) is 4.12. The van der Waals surface area contributed by atoms with Crippen LogP contribution in [0.15, 0.2) is 43.0 Å². The van der Waals surface area contributed by atoms with Gasteiger partial charge in [0.1, 0.15) is 5.82 Å². The van der Waals surface area contributed by atoms with Gasteiger partial charge >= 0.3 is 0 Å². The number of halogens is 1. The number of carbonyl (C=O) groups excluding carboxylic acids is 1. The predicted octanol–water partition coefficient (Wildman–Crippen LogP) is 3.11. The van der Waals surface area contributed by atoms with Crippen molar-refractivity contribution in [3.63, 3.8) is 0 Å². The molecule has 1 amide bonds. The summed E-state index contributed by atoms with van der Waals surface area (Å²) in [7, 11) is 3.64. The highest BCUT2D eigenvalue weighted by Gasteiger charge is 2.18. The lowest BCUT2D eigenvalue weighted by Crippen LogP contribution is -2.14. The Kier molecular flexibility index (Phi) is 4.22. The van der Waals surface area contributed by atoms with Gasteiger partial charge in [-0.2, -0.15) is 5.10 Å². The number of fused-ring (bicyclic) bond motifs is 1. The van der Waals surface area contributed by atoms with Crippen molar-refractivity contribution in [3.05, 3.63) is 71.1 Å². The number of amides is 1. The number of aromatic nitrogens is 4. The Morgan fingerprint density at radius 1 is 1.18 bits per heavy atom. The fourth-order valence-corrected chi connectivity index (χ4v) is 3.54. The summed E-state index contributed by atoms with van der Waals surface area (Å²) in [6.07, 6.45) is 5.54. The van der Waals surface area contributed by atoms with Crippen LogP contribution in [0.5, 0.6) is 0 Å². The first kappa shape index (κ1) is 17.9. The largest absolute Gasteiger partial charge is 0.366 e. The van der Waals surface area contributed by atoms with Crippen molar-refractivity contribution >= 4 is 16.9 Å².